The van der Waals surface area contributed by atoms with Crippen molar-refractivity contribution in [3.63, 3.8) is 0 Å². The fourth-order valence-electron chi connectivity index (χ4n) is 5.96. The molecule has 3 aliphatic rings. The maximum Gasteiger partial charge on any atom is 0.419 e. The van der Waals surface area contributed by atoms with Crippen molar-refractivity contribution in [2.75, 3.05) is 55.7 Å². The molecule has 0 radical (unpaired) electrons. The first-order valence-electron chi connectivity index (χ1n) is 13.5. The van der Waals surface area contributed by atoms with E-state index >= 15 is 4.39 Å². The largest absolute Gasteiger partial charge is 0.419 e. The number of nitrogens with zero attached hydrogens (tertiary/aromatic N) is 3. The first-order chi connectivity index (χ1) is 18.6. The third-order valence-electron chi connectivity index (χ3n) is 8.19. The third-order valence-corrected chi connectivity index (χ3v) is 8.85. The summed E-state index contributed by atoms with van der Waals surface area (Å²) in [6, 6.07) is 15.8. The van der Waals surface area contributed by atoms with E-state index in [1.807, 2.05) is 16.3 Å². The fourth-order valence-corrected chi connectivity index (χ4v) is 6.51. The zero-order valence-corrected chi connectivity index (χ0v) is 22.5. The van der Waals surface area contributed by atoms with Gasteiger partial charge >= 0.3 is 6.09 Å². The van der Waals surface area contributed by atoms with Crippen LogP contribution in [0.15, 0.2) is 59.3 Å². The Morgan fingerprint density at radius 2 is 1.82 bits per heavy atom. The van der Waals surface area contributed by atoms with Gasteiger partial charge in [0, 0.05) is 44.6 Å². The number of anilines is 2. The number of hydrogen-bond acceptors (Lipinski definition) is 6. The second-order valence-electron chi connectivity index (χ2n) is 10.5. The van der Waals surface area contributed by atoms with Gasteiger partial charge in [0.25, 0.3) is 0 Å². The summed E-state index contributed by atoms with van der Waals surface area (Å²) in [6.07, 6.45) is 0.598. The number of aryl methyl sites for hydroxylation is 1. The summed E-state index contributed by atoms with van der Waals surface area (Å²) in [4.78, 5) is 19.4. The van der Waals surface area contributed by atoms with Gasteiger partial charge in [-0.15, -0.1) is 11.3 Å². The van der Waals surface area contributed by atoms with E-state index in [9.17, 15) is 4.79 Å². The summed E-state index contributed by atoms with van der Waals surface area (Å²) < 4.78 is 26.3. The predicted octanol–water partition coefficient (Wildman–Crippen LogP) is 5.67. The Morgan fingerprint density at radius 1 is 1.08 bits per heavy atom. The van der Waals surface area contributed by atoms with Gasteiger partial charge in [0.1, 0.15) is 11.6 Å². The van der Waals surface area contributed by atoms with E-state index in [4.69, 9.17) is 9.47 Å². The van der Waals surface area contributed by atoms with Crippen molar-refractivity contribution in [3.8, 4) is 5.75 Å². The van der Waals surface area contributed by atoms with Crippen LogP contribution in [0.4, 0.5) is 20.6 Å². The average molecular weight is 536 g/mol. The lowest BCUT2D eigenvalue weighted by atomic mass is 10.1. The van der Waals surface area contributed by atoms with Crippen LogP contribution in [-0.4, -0.2) is 56.9 Å². The minimum atomic E-state index is -0.459. The quantitative estimate of drug-likeness (QED) is 0.372. The van der Waals surface area contributed by atoms with E-state index in [2.05, 4.69) is 36.1 Å². The Labute approximate surface area is 227 Å². The second kappa shape index (κ2) is 11.0. The number of thiophene rings is 1. The van der Waals surface area contributed by atoms with Gasteiger partial charge in [-0.3, -0.25) is 9.80 Å². The molecule has 3 fully saturated rings. The highest BCUT2D eigenvalue weighted by Gasteiger charge is 2.56. The smallest absolute Gasteiger partial charge is 0.409 e. The molecule has 0 spiro atoms. The van der Waals surface area contributed by atoms with Crippen molar-refractivity contribution < 1.29 is 18.7 Å². The van der Waals surface area contributed by atoms with Crippen molar-refractivity contribution in [1.29, 1.82) is 0 Å². The van der Waals surface area contributed by atoms with Crippen LogP contribution in [0.2, 0.25) is 0 Å². The van der Waals surface area contributed by atoms with Crippen LogP contribution in [0.3, 0.4) is 0 Å². The molecule has 2 saturated heterocycles. The van der Waals surface area contributed by atoms with Crippen LogP contribution in [0, 0.1) is 23.6 Å². The number of morpholine rings is 1. The van der Waals surface area contributed by atoms with E-state index in [0.717, 1.165) is 26.1 Å². The van der Waals surface area contributed by atoms with Gasteiger partial charge in [-0.2, -0.15) is 0 Å². The number of fused-ring (bicyclic) bond motifs is 1. The Kier molecular flexibility index (Phi) is 7.37. The molecule has 0 N–H and O–H groups in total. The number of benzene rings is 2. The van der Waals surface area contributed by atoms with Crippen LogP contribution >= 0.6 is 11.3 Å². The molecule has 0 bridgehead atoms. The summed E-state index contributed by atoms with van der Waals surface area (Å²) >= 11 is 1.47. The molecule has 1 saturated carbocycles. The van der Waals surface area contributed by atoms with E-state index < -0.39 is 6.09 Å². The van der Waals surface area contributed by atoms with E-state index in [1.165, 1.54) is 28.5 Å². The highest BCUT2D eigenvalue weighted by Crippen LogP contribution is 2.52. The molecule has 6 nitrogen and oxygen atoms in total. The monoisotopic (exact) mass is 535 g/mol. The maximum absolute atomic E-state index is 15.3. The fraction of sp³-hybridized carbons (Fsp3) is 0.433. The molecule has 2 atom stereocenters. The number of ether oxygens (including phenoxy) is 2. The summed E-state index contributed by atoms with van der Waals surface area (Å²) in [6.45, 7) is 8.23. The molecule has 3 heterocycles. The topological polar surface area (TPSA) is 45.2 Å². The molecule has 1 aromatic heterocycles. The molecule has 200 valence electrons. The Bertz CT molecular complexity index is 1230. The summed E-state index contributed by atoms with van der Waals surface area (Å²) in [7, 11) is 0. The Hall–Kier alpha value is -2.94. The highest BCUT2D eigenvalue weighted by atomic mass is 32.1. The summed E-state index contributed by atoms with van der Waals surface area (Å²) in [5, 5.41) is 3.67. The van der Waals surface area contributed by atoms with Crippen LogP contribution < -0.4 is 14.5 Å². The molecule has 1 aliphatic carbocycles. The van der Waals surface area contributed by atoms with Crippen LogP contribution in [0.5, 0.6) is 5.75 Å². The first-order valence-corrected chi connectivity index (χ1v) is 14.5. The number of rotatable bonds is 8. The lowest BCUT2D eigenvalue weighted by molar-refractivity contribution is 0.122. The molecule has 2 aliphatic heterocycles. The maximum atomic E-state index is 15.3. The minimum Gasteiger partial charge on any atom is -0.409 e. The van der Waals surface area contributed by atoms with Gasteiger partial charge in [0.15, 0.2) is 0 Å². The van der Waals surface area contributed by atoms with Crippen LogP contribution in [0.1, 0.15) is 18.1 Å². The molecule has 3 aromatic rings. The Balaban J connectivity index is 1.13. The van der Waals surface area contributed by atoms with Crippen molar-refractivity contribution in [2.45, 2.75) is 19.9 Å². The number of likely N-dealkylation sites (tertiary alicyclic amines) is 1. The predicted molar refractivity (Wildman–Crippen MR) is 149 cm³/mol. The molecule has 38 heavy (non-hydrogen) atoms. The molecule has 2 aromatic carbocycles. The zero-order chi connectivity index (χ0) is 26.1. The number of amides is 1. The lowest BCUT2D eigenvalue weighted by Crippen LogP contribution is -2.38. The summed E-state index contributed by atoms with van der Waals surface area (Å²) in [5.41, 5.74) is 3.80. The number of piperidine rings is 1. The average Bonchev–Trinajstić information content (AvgIpc) is 3.28. The van der Waals surface area contributed by atoms with Crippen molar-refractivity contribution in [3.05, 3.63) is 76.2 Å². The van der Waals surface area contributed by atoms with Crippen molar-refractivity contribution >= 4 is 28.8 Å². The van der Waals surface area contributed by atoms with Gasteiger partial charge in [0.2, 0.25) is 0 Å². The highest BCUT2D eigenvalue weighted by molar-refractivity contribution is 7.08. The van der Waals surface area contributed by atoms with Crippen LogP contribution in [-0.2, 0) is 17.7 Å². The number of carbonyl (C=O) groups excluding carboxylic acids is 1. The number of hydrogen-bond donors (Lipinski definition) is 0. The number of halogens is 1. The van der Waals surface area contributed by atoms with Gasteiger partial charge in [0.05, 0.1) is 24.6 Å². The van der Waals surface area contributed by atoms with Crippen molar-refractivity contribution in [1.82, 2.24) is 4.90 Å². The standard InChI is InChI=1S/C30H34FN3O3S/c1-2-21-3-5-22(6-4-21)16-32-17-25-26(18-32)27(25)19-34(30(35)37-24-9-14-38-20-24)23-7-8-29(28(31)15-23)33-10-12-36-13-11-33/h3-9,14-15,20,25-27H,2,10-13,16-19H2,1H3. The molecular weight excluding hydrogens is 501 g/mol. The molecule has 8 heteroatoms. The molecule has 2 unspecified atom stereocenters. The Morgan fingerprint density at radius 3 is 2.47 bits per heavy atom. The second-order valence-corrected chi connectivity index (χ2v) is 11.3. The van der Waals surface area contributed by atoms with Crippen molar-refractivity contribution in [2.24, 2.45) is 17.8 Å². The molecule has 1 amide bonds. The van der Waals surface area contributed by atoms with E-state index in [-0.39, 0.29) is 5.82 Å². The molecular formula is C30H34FN3O3S. The summed E-state index contributed by atoms with van der Waals surface area (Å²) in [5.74, 6) is 1.70. The van der Waals surface area contributed by atoms with Gasteiger partial charge < -0.3 is 14.4 Å². The minimum absolute atomic E-state index is 0.325. The van der Waals surface area contributed by atoms with Gasteiger partial charge in [-0.05, 0) is 64.9 Å². The van der Waals surface area contributed by atoms with Crippen LogP contribution in [0.25, 0.3) is 0 Å². The number of carbonyl (C=O) groups is 1. The normalized spacial score (nSPS) is 22.8. The van der Waals surface area contributed by atoms with E-state index in [1.54, 1.807) is 22.4 Å². The van der Waals surface area contributed by atoms with Gasteiger partial charge in [-0.1, -0.05) is 31.2 Å². The first kappa shape index (κ1) is 25.3. The zero-order valence-electron chi connectivity index (χ0n) is 21.7. The van der Waals surface area contributed by atoms with E-state index in [0.29, 0.717) is 67.7 Å². The third kappa shape index (κ3) is 5.44. The molecule has 6 rings (SSSR count). The SMILES string of the molecule is CCc1ccc(CN2CC3C(C2)C3CN(C(=O)Oc2ccsc2)c2ccc(N3CCOCC3)c(F)c2)cc1. The lowest BCUT2D eigenvalue weighted by Gasteiger charge is -2.30. The van der Waals surface area contributed by atoms with Gasteiger partial charge in [-0.25, -0.2) is 9.18 Å².